The minimum absolute atomic E-state index is 0.0620. The first-order valence-electron chi connectivity index (χ1n) is 9.26. The number of rotatable bonds is 10. The molecule has 0 bridgehead atoms. The van der Waals surface area contributed by atoms with Crippen molar-refractivity contribution in [2.24, 2.45) is 0 Å². The third kappa shape index (κ3) is 5.13. The third-order valence-corrected chi connectivity index (χ3v) is 6.87. The molecule has 1 N–H and O–H groups in total. The lowest BCUT2D eigenvalue weighted by Gasteiger charge is -2.13. The highest BCUT2D eigenvalue weighted by Gasteiger charge is 2.19. The van der Waals surface area contributed by atoms with Crippen LogP contribution in [0.5, 0.6) is 11.5 Å². The van der Waals surface area contributed by atoms with E-state index in [0.29, 0.717) is 28.9 Å². The molecule has 2 aromatic carbocycles. The molecule has 0 aliphatic carbocycles. The molecule has 0 aliphatic rings. The molecular weight excluding hydrogens is 424 g/mol. The van der Waals surface area contributed by atoms with Crippen LogP contribution in [0.3, 0.4) is 0 Å². The highest BCUT2D eigenvalue weighted by Crippen LogP contribution is 2.33. The second kappa shape index (κ2) is 9.96. The fraction of sp³-hybridized carbons (Fsp3) is 0.300. The number of benzene rings is 2. The van der Waals surface area contributed by atoms with Crippen LogP contribution in [0.1, 0.15) is 6.42 Å². The van der Waals surface area contributed by atoms with E-state index in [1.54, 1.807) is 14.2 Å². The number of hydrogen-bond acceptors (Lipinski definition) is 7. The lowest BCUT2D eigenvalue weighted by molar-refractivity contribution is 0.414. The Hall–Kier alpha value is -2.56. The van der Waals surface area contributed by atoms with Gasteiger partial charge in [0.25, 0.3) is 0 Å². The van der Waals surface area contributed by atoms with E-state index >= 15 is 0 Å². The summed E-state index contributed by atoms with van der Waals surface area (Å²) in [6.45, 7) is 0. The molecule has 30 heavy (non-hydrogen) atoms. The van der Waals surface area contributed by atoms with Gasteiger partial charge in [-0.05, 0) is 49.9 Å². The smallest absolute Gasteiger partial charge is 0.211 e. The summed E-state index contributed by atoms with van der Waals surface area (Å²) in [5.74, 6) is 2.73. The van der Waals surface area contributed by atoms with Gasteiger partial charge in [0.1, 0.15) is 11.5 Å². The summed E-state index contributed by atoms with van der Waals surface area (Å²) in [5.41, 5.74) is 1.68. The van der Waals surface area contributed by atoms with Crippen LogP contribution >= 0.6 is 11.8 Å². The zero-order valence-corrected chi connectivity index (χ0v) is 18.7. The molecule has 8 nitrogen and oxygen atoms in total. The topological polar surface area (TPSA) is 95.3 Å². The Morgan fingerprint density at radius 2 is 1.77 bits per heavy atom. The van der Waals surface area contributed by atoms with E-state index in [1.165, 1.54) is 18.8 Å². The van der Waals surface area contributed by atoms with Crippen LogP contribution in [0, 0.1) is 0 Å². The summed E-state index contributed by atoms with van der Waals surface area (Å²) in [6.07, 6.45) is 0.493. The summed E-state index contributed by atoms with van der Waals surface area (Å²) in [4.78, 5) is 0. The first kappa shape index (κ1) is 22.1. The first-order valence-corrected chi connectivity index (χ1v) is 11.9. The van der Waals surface area contributed by atoms with Gasteiger partial charge in [-0.15, -0.1) is 10.2 Å². The molecule has 0 aliphatic heterocycles. The molecule has 0 fully saturated rings. The van der Waals surface area contributed by atoms with Crippen molar-refractivity contribution in [3.8, 4) is 28.6 Å². The average Bonchev–Trinajstić information content (AvgIpc) is 3.20. The standard InChI is InChI=1S/C20H24N4O4S2/c1-21-30(25,26)14-6-13-29-20-23-22-19(17-7-4-5-8-18(17)28-3)24(20)15-9-11-16(27-2)12-10-15/h4-5,7-12,21H,6,13-14H2,1-3H3. The fourth-order valence-electron chi connectivity index (χ4n) is 2.85. The van der Waals surface area contributed by atoms with Gasteiger partial charge >= 0.3 is 0 Å². The van der Waals surface area contributed by atoms with Crippen molar-refractivity contribution < 1.29 is 17.9 Å². The van der Waals surface area contributed by atoms with Crippen molar-refractivity contribution >= 4 is 21.8 Å². The van der Waals surface area contributed by atoms with Gasteiger partial charge in [0.05, 0.1) is 31.2 Å². The van der Waals surface area contributed by atoms with Gasteiger partial charge in [-0.25, -0.2) is 13.1 Å². The third-order valence-electron chi connectivity index (χ3n) is 4.41. The van der Waals surface area contributed by atoms with Gasteiger partial charge in [0, 0.05) is 5.75 Å². The first-order chi connectivity index (χ1) is 14.5. The predicted molar refractivity (Wildman–Crippen MR) is 118 cm³/mol. The predicted octanol–water partition coefficient (Wildman–Crippen LogP) is 2.98. The number of nitrogens with one attached hydrogen (secondary N) is 1. The number of ether oxygens (including phenoxy) is 2. The van der Waals surface area contributed by atoms with E-state index < -0.39 is 10.0 Å². The molecule has 10 heteroatoms. The number of aromatic nitrogens is 3. The molecule has 0 unspecified atom stereocenters. The van der Waals surface area contributed by atoms with E-state index in [1.807, 2.05) is 53.1 Å². The van der Waals surface area contributed by atoms with Crippen molar-refractivity contribution in [1.29, 1.82) is 0 Å². The molecule has 1 heterocycles. The quantitative estimate of drug-likeness (QED) is 0.376. The van der Waals surface area contributed by atoms with Crippen molar-refractivity contribution in [2.45, 2.75) is 11.6 Å². The summed E-state index contributed by atoms with van der Waals surface area (Å²) >= 11 is 1.46. The Bertz CT molecular complexity index is 1080. The van der Waals surface area contributed by atoms with Crippen LogP contribution in [0.15, 0.2) is 53.7 Å². The molecule has 0 amide bonds. The van der Waals surface area contributed by atoms with E-state index in [4.69, 9.17) is 9.47 Å². The largest absolute Gasteiger partial charge is 0.497 e. The summed E-state index contributed by atoms with van der Waals surface area (Å²) in [5, 5.41) is 9.44. The number of thioether (sulfide) groups is 1. The maximum Gasteiger partial charge on any atom is 0.211 e. The second-order valence-corrected chi connectivity index (χ2v) is 9.37. The molecule has 3 aromatic rings. The van der Waals surface area contributed by atoms with Crippen LogP contribution in [-0.2, 0) is 10.0 Å². The Balaban J connectivity index is 1.95. The average molecular weight is 449 g/mol. The normalized spacial score (nSPS) is 11.4. The number of para-hydroxylation sites is 1. The van der Waals surface area contributed by atoms with Gasteiger partial charge in [-0.3, -0.25) is 4.57 Å². The number of nitrogens with zero attached hydrogens (tertiary/aromatic N) is 3. The van der Waals surface area contributed by atoms with Crippen molar-refractivity contribution in [2.75, 3.05) is 32.8 Å². The Kier molecular flexibility index (Phi) is 7.35. The van der Waals surface area contributed by atoms with Crippen LogP contribution in [0.25, 0.3) is 17.1 Å². The SMILES string of the molecule is CNS(=O)(=O)CCCSc1nnc(-c2ccccc2OC)n1-c1ccc(OC)cc1. The van der Waals surface area contributed by atoms with Crippen molar-refractivity contribution in [1.82, 2.24) is 19.5 Å². The van der Waals surface area contributed by atoms with E-state index in [2.05, 4.69) is 14.9 Å². The Morgan fingerprint density at radius 3 is 2.43 bits per heavy atom. The molecule has 0 spiro atoms. The maximum atomic E-state index is 11.6. The monoisotopic (exact) mass is 448 g/mol. The molecule has 160 valence electrons. The van der Waals surface area contributed by atoms with Gasteiger partial charge in [-0.2, -0.15) is 0 Å². The summed E-state index contributed by atoms with van der Waals surface area (Å²) in [6, 6.07) is 15.2. The maximum absolute atomic E-state index is 11.6. The number of methoxy groups -OCH3 is 2. The van der Waals surface area contributed by atoms with Crippen LogP contribution in [0.2, 0.25) is 0 Å². The highest BCUT2D eigenvalue weighted by atomic mass is 32.2. The molecule has 0 saturated heterocycles. The van der Waals surface area contributed by atoms with Crippen molar-refractivity contribution in [3.05, 3.63) is 48.5 Å². The summed E-state index contributed by atoms with van der Waals surface area (Å²) in [7, 11) is 1.43. The van der Waals surface area contributed by atoms with Gasteiger partial charge in [0.2, 0.25) is 10.0 Å². The highest BCUT2D eigenvalue weighted by molar-refractivity contribution is 7.99. The van der Waals surface area contributed by atoms with Crippen LogP contribution in [0.4, 0.5) is 0 Å². The van der Waals surface area contributed by atoms with E-state index in [-0.39, 0.29) is 5.75 Å². The number of hydrogen-bond donors (Lipinski definition) is 1. The van der Waals surface area contributed by atoms with Crippen molar-refractivity contribution in [3.63, 3.8) is 0 Å². The minimum Gasteiger partial charge on any atom is -0.497 e. The Labute approximate surface area is 180 Å². The lowest BCUT2D eigenvalue weighted by Crippen LogP contribution is -2.22. The number of sulfonamides is 1. The van der Waals surface area contributed by atoms with Crippen LogP contribution < -0.4 is 14.2 Å². The molecule has 0 saturated carbocycles. The van der Waals surface area contributed by atoms with Gasteiger partial charge in [-0.1, -0.05) is 23.9 Å². The van der Waals surface area contributed by atoms with Crippen LogP contribution in [-0.4, -0.2) is 56.0 Å². The zero-order chi connectivity index (χ0) is 21.6. The van der Waals surface area contributed by atoms with E-state index in [0.717, 1.165) is 17.0 Å². The molecule has 0 atom stereocenters. The summed E-state index contributed by atoms with van der Waals surface area (Å²) < 4.78 is 38.3. The van der Waals surface area contributed by atoms with E-state index in [9.17, 15) is 8.42 Å². The lowest BCUT2D eigenvalue weighted by atomic mass is 10.2. The molecule has 1 aromatic heterocycles. The molecule has 3 rings (SSSR count). The fourth-order valence-corrected chi connectivity index (χ4v) is 4.65. The van der Waals surface area contributed by atoms with Gasteiger partial charge < -0.3 is 9.47 Å². The minimum atomic E-state index is -3.23. The zero-order valence-electron chi connectivity index (χ0n) is 17.0. The van der Waals surface area contributed by atoms with Gasteiger partial charge in [0.15, 0.2) is 11.0 Å². The molecular formula is C20H24N4O4S2. The molecule has 0 radical (unpaired) electrons. The second-order valence-electron chi connectivity index (χ2n) is 6.26. The Morgan fingerprint density at radius 1 is 1.03 bits per heavy atom.